The number of thiazole rings is 1. The van der Waals surface area contributed by atoms with Crippen LogP contribution in [0.4, 0.5) is 0 Å². The molecule has 0 spiro atoms. The van der Waals surface area contributed by atoms with E-state index < -0.39 is 12.0 Å². The van der Waals surface area contributed by atoms with Crippen LogP contribution in [0.5, 0.6) is 5.75 Å². The number of ether oxygens (including phenoxy) is 2. The Bertz CT molecular complexity index is 1950. The molecule has 0 radical (unpaired) electrons. The molecule has 4 aromatic carbocycles. The molecule has 6 rings (SSSR count). The number of fused-ring (bicyclic) bond motifs is 3. The summed E-state index contributed by atoms with van der Waals surface area (Å²) in [6, 6.07) is 25.3. The summed E-state index contributed by atoms with van der Waals surface area (Å²) in [6.07, 6.45) is 1.96. The van der Waals surface area contributed by atoms with Crippen LogP contribution >= 0.6 is 11.3 Å². The molecule has 0 bridgehead atoms. The fourth-order valence-corrected chi connectivity index (χ4v) is 6.44. The van der Waals surface area contributed by atoms with Crippen molar-refractivity contribution in [1.29, 1.82) is 0 Å². The van der Waals surface area contributed by atoms with Crippen LogP contribution in [-0.2, 0) is 9.53 Å². The van der Waals surface area contributed by atoms with Gasteiger partial charge in [-0.1, -0.05) is 78.1 Å². The summed E-state index contributed by atoms with van der Waals surface area (Å²) >= 11 is 1.32. The average molecular weight is 549 g/mol. The van der Waals surface area contributed by atoms with Gasteiger partial charge in [0.25, 0.3) is 5.56 Å². The maximum atomic E-state index is 14.2. The van der Waals surface area contributed by atoms with Crippen LogP contribution < -0.4 is 19.6 Å². The summed E-state index contributed by atoms with van der Waals surface area (Å²) in [4.78, 5) is 32.8. The minimum atomic E-state index is -0.732. The summed E-state index contributed by atoms with van der Waals surface area (Å²) in [5, 5.41) is 4.33. The Morgan fingerprint density at radius 3 is 2.27 bits per heavy atom. The quantitative estimate of drug-likeness (QED) is 0.208. The molecule has 1 atom stereocenters. The standard InChI is InChI=1S/C33H28N2O4S/c1-4-38-27-17-11-10-16-25(27)30-29(32(37)39-5-2)20(3)34-33-35(30)31(36)28(40-33)19-26-23-14-8-6-12-21(23)18-22-13-7-9-15-24(22)26/h6-19,30H,4-5H2,1-3H3/b28-19+/t30-/m0/s1. The molecular formula is C33H28N2O4S. The van der Waals surface area contributed by atoms with Crippen molar-refractivity contribution in [3.05, 3.63) is 121 Å². The summed E-state index contributed by atoms with van der Waals surface area (Å²) in [7, 11) is 0. The summed E-state index contributed by atoms with van der Waals surface area (Å²) in [6.45, 7) is 6.13. The molecule has 0 amide bonds. The average Bonchev–Trinajstić information content (AvgIpc) is 3.26. The molecule has 1 aromatic heterocycles. The topological polar surface area (TPSA) is 69.9 Å². The second-order valence-corrected chi connectivity index (χ2v) is 10.5. The zero-order chi connectivity index (χ0) is 27.8. The molecule has 2 heterocycles. The van der Waals surface area contributed by atoms with Crippen molar-refractivity contribution < 1.29 is 14.3 Å². The number of benzene rings is 4. The molecule has 0 aliphatic carbocycles. The lowest BCUT2D eigenvalue weighted by Crippen LogP contribution is -2.40. The van der Waals surface area contributed by atoms with Crippen molar-refractivity contribution in [2.24, 2.45) is 4.99 Å². The van der Waals surface area contributed by atoms with Crippen LogP contribution in [0, 0.1) is 0 Å². The molecule has 0 saturated heterocycles. The number of carbonyl (C=O) groups is 1. The highest BCUT2D eigenvalue weighted by molar-refractivity contribution is 7.07. The molecule has 0 N–H and O–H groups in total. The molecule has 7 heteroatoms. The number of allylic oxidation sites excluding steroid dienone is 1. The molecular weight excluding hydrogens is 520 g/mol. The molecule has 0 saturated carbocycles. The van der Waals surface area contributed by atoms with Crippen LogP contribution in [0.1, 0.15) is 37.9 Å². The zero-order valence-corrected chi connectivity index (χ0v) is 23.3. The van der Waals surface area contributed by atoms with Crippen molar-refractivity contribution in [2.75, 3.05) is 13.2 Å². The Balaban J connectivity index is 1.65. The maximum absolute atomic E-state index is 14.2. The molecule has 200 valence electrons. The van der Waals surface area contributed by atoms with Gasteiger partial charge in [0.2, 0.25) is 0 Å². The summed E-state index contributed by atoms with van der Waals surface area (Å²) in [5.74, 6) is 0.121. The van der Waals surface area contributed by atoms with Crippen LogP contribution in [0.15, 0.2) is 99.9 Å². The van der Waals surface area contributed by atoms with E-state index in [-0.39, 0.29) is 12.2 Å². The Morgan fingerprint density at radius 1 is 0.950 bits per heavy atom. The predicted octanol–water partition coefficient (Wildman–Crippen LogP) is 5.50. The highest BCUT2D eigenvalue weighted by Gasteiger charge is 2.35. The van der Waals surface area contributed by atoms with Gasteiger partial charge in [-0.25, -0.2) is 9.79 Å². The smallest absolute Gasteiger partial charge is 0.338 e. The van der Waals surface area contributed by atoms with Gasteiger partial charge in [0.05, 0.1) is 29.0 Å². The van der Waals surface area contributed by atoms with Gasteiger partial charge in [0.1, 0.15) is 11.8 Å². The number of para-hydroxylation sites is 1. The fourth-order valence-electron chi connectivity index (χ4n) is 5.41. The molecule has 1 aliphatic rings. The van der Waals surface area contributed by atoms with Gasteiger partial charge < -0.3 is 9.47 Å². The maximum Gasteiger partial charge on any atom is 0.338 e. The number of rotatable bonds is 6. The van der Waals surface area contributed by atoms with E-state index in [0.717, 1.165) is 27.1 Å². The van der Waals surface area contributed by atoms with Crippen LogP contribution in [0.3, 0.4) is 0 Å². The number of nitrogens with zero attached hydrogens (tertiary/aromatic N) is 2. The molecule has 40 heavy (non-hydrogen) atoms. The lowest BCUT2D eigenvalue weighted by Gasteiger charge is -2.26. The Hall–Kier alpha value is -4.49. The van der Waals surface area contributed by atoms with Gasteiger partial charge in [-0.05, 0) is 66.1 Å². The number of hydrogen-bond acceptors (Lipinski definition) is 6. The number of carbonyl (C=O) groups excluding carboxylic acids is 1. The summed E-state index contributed by atoms with van der Waals surface area (Å²) in [5.41, 5.74) is 2.34. The molecule has 0 fully saturated rings. The van der Waals surface area contributed by atoms with Crippen LogP contribution in [-0.4, -0.2) is 23.8 Å². The minimum absolute atomic E-state index is 0.216. The van der Waals surface area contributed by atoms with Crippen LogP contribution in [0.2, 0.25) is 0 Å². The van der Waals surface area contributed by atoms with Crippen molar-refractivity contribution in [1.82, 2.24) is 4.57 Å². The Morgan fingerprint density at radius 2 is 1.60 bits per heavy atom. The first-order chi connectivity index (χ1) is 19.5. The van der Waals surface area contributed by atoms with Gasteiger partial charge in [-0.3, -0.25) is 9.36 Å². The van der Waals surface area contributed by atoms with E-state index in [0.29, 0.717) is 38.5 Å². The van der Waals surface area contributed by atoms with Gasteiger partial charge in [0.15, 0.2) is 4.80 Å². The monoisotopic (exact) mass is 548 g/mol. The SMILES string of the molecule is CCOC(=O)C1=C(C)N=c2s/c(=C/c3c4ccccc4cc4ccccc34)c(=O)n2[C@H]1c1ccccc1OCC. The lowest BCUT2D eigenvalue weighted by atomic mass is 9.95. The van der Waals surface area contributed by atoms with Crippen molar-refractivity contribution >= 4 is 44.9 Å². The van der Waals surface area contributed by atoms with E-state index in [1.807, 2.05) is 61.5 Å². The largest absolute Gasteiger partial charge is 0.494 e. The van der Waals surface area contributed by atoms with E-state index in [1.165, 1.54) is 11.3 Å². The van der Waals surface area contributed by atoms with Gasteiger partial charge >= 0.3 is 5.97 Å². The van der Waals surface area contributed by atoms with Crippen molar-refractivity contribution in [3.8, 4) is 5.75 Å². The molecule has 6 nitrogen and oxygen atoms in total. The number of hydrogen-bond donors (Lipinski definition) is 0. The minimum Gasteiger partial charge on any atom is -0.494 e. The third kappa shape index (κ3) is 4.32. The van der Waals surface area contributed by atoms with E-state index in [2.05, 4.69) is 30.3 Å². The lowest BCUT2D eigenvalue weighted by molar-refractivity contribution is -0.139. The number of esters is 1. The molecule has 0 unspecified atom stereocenters. The van der Waals surface area contributed by atoms with Crippen LogP contribution in [0.25, 0.3) is 27.6 Å². The second kappa shape index (κ2) is 10.6. The van der Waals surface area contributed by atoms with Gasteiger partial charge in [-0.15, -0.1) is 0 Å². The molecule has 1 aliphatic heterocycles. The first kappa shape index (κ1) is 25.8. The van der Waals surface area contributed by atoms with E-state index >= 15 is 0 Å². The van der Waals surface area contributed by atoms with Crippen molar-refractivity contribution in [3.63, 3.8) is 0 Å². The normalized spacial score (nSPS) is 15.3. The van der Waals surface area contributed by atoms with Crippen molar-refractivity contribution in [2.45, 2.75) is 26.8 Å². The van der Waals surface area contributed by atoms with E-state index in [9.17, 15) is 9.59 Å². The fraction of sp³-hybridized carbons (Fsp3) is 0.182. The Kier molecular flexibility index (Phi) is 6.82. The third-order valence-corrected chi connectivity index (χ3v) is 8.10. The first-order valence-electron chi connectivity index (χ1n) is 13.3. The predicted molar refractivity (Wildman–Crippen MR) is 159 cm³/mol. The van der Waals surface area contributed by atoms with E-state index in [1.54, 1.807) is 18.4 Å². The Labute approximate surface area is 235 Å². The highest BCUT2D eigenvalue weighted by Crippen LogP contribution is 2.36. The first-order valence-corrected chi connectivity index (χ1v) is 14.1. The molecule has 5 aromatic rings. The third-order valence-electron chi connectivity index (χ3n) is 7.12. The summed E-state index contributed by atoms with van der Waals surface area (Å²) < 4.78 is 13.5. The second-order valence-electron chi connectivity index (χ2n) is 9.51. The van der Waals surface area contributed by atoms with E-state index in [4.69, 9.17) is 14.5 Å². The van der Waals surface area contributed by atoms with Gasteiger partial charge in [-0.2, -0.15) is 0 Å². The van der Waals surface area contributed by atoms with Gasteiger partial charge in [0, 0.05) is 5.56 Å². The highest BCUT2D eigenvalue weighted by atomic mass is 32.1. The zero-order valence-electron chi connectivity index (χ0n) is 22.5. The number of aromatic nitrogens is 1.